The predicted molar refractivity (Wildman–Crippen MR) is 59.9 cm³/mol. The fourth-order valence-corrected chi connectivity index (χ4v) is 1.57. The molecule has 0 spiro atoms. The molecule has 0 atom stereocenters. The van der Waals surface area contributed by atoms with Gasteiger partial charge in [0.1, 0.15) is 5.82 Å². The lowest BCUT2D eigenvalue weighted by atomic mass is 9.97. The molecule has 0 saturated carbocycles. The maximum Gasteiger partial charge on any atom is 0.417 e. The largest absolute Gasteiger partial charge is 0.417 e. The molecule has 0 radical (unpaired) electrons. The number of rotatable bonds is 3. The third-order valence-corrected chi connectivity index (χ3v) is 2.33. The van der Waals surface area contributed by atoms with Gasteiger partial charge in [0.25, 0.3) is 0 Å². The van der Waals surface area contributed by atoms with Crippen LogP contribution in [0.5, 0.6) is 0 Å². The first-order chi connectivity index (χ1) is 7.90. The van der Waals surface area contributed by atoms with Crippen molar-refractivity contribution in [2.24, 2.45) is 0 Å². The lowest BCUT2D eigenvalue weighted by Crippen LogP contribution is -2.09. The molecule has 1 aromatic rings. The second kappa shape index (κ2) is 5.17. The van der Waals surface area contributed by atoms with E-state index in [9.17, 15) is 17.6 Å². The molecule has 0 unspecified atom stereocenters. The van der Waals surface area contributed by atoms with Crippen molar-refractivity contribution in [3.8, 4) is 0 Å². The third kappa shape index (κ3) is 3.19. The summed E-state index contributed by atoms with van der Waals surface area (Å²) in [4.78, 5) is 0. The predicted octanol–water partition coefficient (Wildman–Crippen LogP) is 4.82. The van der Waals surface area contributed by atoms with Gasteiger partial charge >= 0.3 is 6.18 Å². The van der Waals surface area contributed by atoms with E-state index in [4.69, 9.17) is 0 Å². The Kier molecular flexibility index (Phi) is 4.10. The molecule has 0 bridgehead atoms. The Morgan fingerprint density at radius 1 is 1.35 bits per heavy atom. The van der Waals surface area contributed by atoms with E-state index in [0.29, 0.717) is 18.1 Å². The van der Waals surface area contributed by atoms with E-state index in [-0.39, 0.29) is 5.56 Å². The van der Waals surface area contributed by atoms with Crippen LogP contribution < -0.4 is 0 Å². The highest BCUT2D eigenvalue weighted by atomic mass is 19.4. The van der Waals surface area contributed by atoms with Crippen LogP contribution in [-0.2, 0) is 6.18 Å². The summed E-state index contributed by atoms with van der Waals surface area (Å²) >= 11 is 0. The van der Waals surface area contributed by atoms with Gasteiger partial charge in [0.2, 0.25) is 0 Å². The van der Waals surface area contributed by atoms with Crippen molar-refractivity contribution in [3.05, 3.63) is 53.9 Å². The Morgan fingerprint density at radius 2 is 2.00 bits per heavy atom. The number of halogens is 4. The van der Waals surface area contributed by atoms with Gasteiger partial charge in [-0.15, -0.1) is 0 Å². The Morgan fingerprint density at radius 3 is 2.47 bits per heavy atom. The molecular weight excluding hydrogens is 232 g/mol. The fraction of sp³-hybridized carbons (Fsp3) is 0.231. The van der Waals surface area contributed by atoms with Gasteiger partial charge in [0.15, 0.2) is 0 Å². The van der Waals surface area contributed by atoms with Gasteiger partial charge < -0.3 is 0 Å². The summed E-state index contributed by atoms with van der Waals surface area (Å²) in [6.45, 7) is 5.19. The number of allylic oxidation sites excluding steroid dienone is 3. The van der Waals surface area contributed by atoms with Crippen LogP contribution in [0.1, 0.15) is 24.5 Å². The van der Waals surface area contributed by atoms with Gasteiger partial charge in [-0.1, -0.05) is 31.7 Å². The van der Waals surface area contributed by atoms with Crippen LogP contribution in [0.3, 0.4) is 0 Å². The van der Waals surface area contributed by atoms with Crippen molar-refractivity contribution in [1.29, 1.82) is 0 Å². The van der Waals surface area contributed by atoms with Gasteiger partial charge in [-0.3, -0.25) is 0 Å². The van der Waals surface area contributed by atoms with Crippen molar-refractivity contribution in [2.75, 3.05) is 0 Å². The zero-order chi connectivity index (χ0) is 13.1. The van der Waals surface area contributed by atoms with Crippen LogP contribution in [0.2, 0.25) is 0 Å². The van der Waals surface area contributed by atoms with Gasteiger partial charge in [0, 0.05) is 0 Å². The SMILES string of the molecule is C=C/C=C(/CC)c1ccc(F)cc1C(F)(F)F. The highest BCUT2D eigenvalue weighted by molar-refractivity contribution is 5.69. The molecule has 17 heavy (non-hydrogen) atoms. The summed E-state index contributed by atoms with van der Waals surface area (Å²) in [5.74, 6) is -0.893. The molecule has 1 aromatic carbocycles. The van der Waals surface area contributed by atoms with E-state index >= 15 is 0 Å². The van der Waals surface area contributed by atoms with Gasteiger partial charge in [-0.25, -0.2) is 4.39 Å². The van der Waals surface area contributed by atoms with Gasteiger partial charge in [0.05, 0.1) is 5.56 Å². The Labute approximate surface area is 97.3 Å². The number of benzene rings is 1. The summed E-state index contributed by atoms with van der Waals surface area (Å²) in [7, 11) is 0. The van der Waals surface area contributed by atoms with Crippen LogP contribution in [0.4, 0.5) is 17.6 Å². The molecule has 0 N–H and O–H groups in total. The second-order valence-corrected chi connectivity index (χ2v) is 3.47. The smallest absolute Gasteiger partial charge is 0.207 e. The lowest BCUT2D eigenvalue weighted by Gasteiger charge is -2.14. The van der Waals surface area contributed by atoms with Crippen LogP contribution in [0, 0.1) is 5.82 Å². The minimum atomic E-state index is -4.56. The maximum atomic E-state index is 12.9. The first kappa shape index (κ1) is 13.5. The molecular formula is C13H12F4. The molecule has 0 nitrogen and oxygen atoms in total. The molecule has 92 valence electrons. The van der Waals surface area contributed by atoms with E-state index in [1.807, 2.05) is 0 Å². The summed E-state index contributed by atoms with van der Waals surface area (Å²) < 4.78 is 51.1. The van der Waals surface area contributed by atoms with Crippen molar-refractivity contribution < 1.29 is 17.6 Å². The van der Waals surface area contributed by atoms with Crippen molar-refractivity contribution in [3.63, 3.8) is 0 Å². The molecule has 0 saturated heterocycles. The highest BCUT2D eigenvalue weighted by Gasteiger charge is 2.34. The van der Waals surface area contributed by atoms with Crippen LogP contribution in [0.25, 0.3) is 5.57 Å². The molecule has 0 amide bonds. The summed E-state index contributed by atoms with van der Waals surface area (Å²) in [5, 5.41) is 0. The molecule has 1 rings (SSSR count). The van der Waals surface area contributed by atoms with E-state index < -0.39 is 17.6 Å². The first-order valence-electron chi connectivity index (χ1n) is 5.08. The Hall–Kier alpha value is -1.58. The second-order valence-electron chi connectivity index (χ2n) is 3.47. The first-order valence-corrected chi connectivity index (χ1v) is 5.08. The normalized spacial score (nSPS) is 12.6. The summed E-state index contributed by atoms with van der Waals surface area (Å²) in [6.07, 6.45) is -1.22. The van der Waals surface area contributed by atoms with E-state index in [1.165, 1.54) is 12.2 Å². The van der Waals surface area contributed by atoms with Gasteiger partial charge in [-0.2, -0.15) is 13.2 Å². The average molecular weight is 244 g/mol. The summed E-state index contributed by atoms with van der Waals surface area (Å²) in [6, 6.07) is 2.69. The topological polar surface area (TPSA) is 0 Å². The van der Waals surface area contributed by atoms with Crippen molar-refractivity contribution >= 4 is 5.57 Å². The van der Waals surface area contributed by atoms with Crippen LogP contribution in [0.15, 0.2) is 36.9 Å². The maximum absolute atomic E-state index is 12.9. The fourth-order valence-electron chi connectivity index (χ4n) is 1.57. The summed E-state index contributed by atoms with van der Waals surface area (Å²) in [5.41, 5.74) is -0.471. The Bertz CT molecular complexity index is 441. The third-order valence-electron chi connectivity index (χ3n) is 2.33. The van der Waals surface area contributed by atoms with E-state index in [2.05, 4.69) is 6.58 Å². The number of hydrogen-bond acceptors (Lipinski definition) is 0. The molecule has 0 aliphatic carbocycles. The molecule has 4 heteroatoms. The van der Waals surface area contributed by atoms with Crippen LogP contribution in [-0.4, -0.2) is 0 Å². The quantitative estimate of drug-likeness (QED) is 0.528. The number of alkyl halides is 3. The molecule has 0 fully saturated rings. The number of hydrogen-bond donors (Lipinski definition) is 0. The Balaban J connectivity index is 3.42. The van der Waals surface area contributed by atoms with Crippen LogP contribution >= 0.6 is 0 Å². The van der Waals surface area contributed by atoms with E-state index in [1.54, 1.807) is 6.92 Å². The molecule has 0 aliphatic heterocycles. The average Bonchev–Trinajstić information content (AvgIpc) is 2.25. The molecule has 0 aliphatic rings. The minimum absolute atomic E-state index is 0.00120. The zero-order valence-electron chi connectivity index (χ0n) is 9.31. The molecule has 0 aromatic heterocycles. The standard InChI is InChI=1S/C13H12F4/c1-3-5-9(4-2)11-7-6-10(14)8-12(11)13(15,16)17/h3,5-8H,1,4H2,2H3/b9-5-. The van der Waals surface area contributed by atoms with Crippen molar-refractivity contribution in [2.45, 2.75) is 19.5 Å². The lowest BCUT2D eigenvalue weighted by molar-refractivity contribution is -0.138. The minimum Gasteiger partial charge on any atom is -0.207 e. The molecule has 0 heterocycles. The van der Waals surface area contributed by atoms with E-state index in [0.717, 1.165) is 12.1 Å². The van der Waals surface area contributed by atoms with Gasteiger partial charge in [-0.05, 0) is 29.7 Å². The van der Waals surface area contributed by atoms with Crippen molar-refractivity contribution in [1.82, 2.24) is 0 Å². The monoisotopic (exact) mass is 244 g/mol. The highest BCUT2D eigenvalue weighted by Crippen LogP contribution is 2.36. The zero-order valence-corrected chi connectivity index (χ0v) is 9.31.